The minimum absolute atomic E-state index is 0.161. The maximum atomic E-state index is 13.4. The number of carbonyl (C=O) groups is 1. The molecule has 1 aromatic carbocycles. The van der Waals surface area contributed by atoms with Crippen LogP contribution in [-0.4, -0.2) is 5.78 Å². The molecule has 2 heteroatoms. The first-order valence-corrected chi connectivity index (χ1v) is 4.56. The van der Waals surface area contributed by atoms with Crippen molar-refractivity contribution in [2.75, 3.05) is 0 Å². The van der Waals surface area contributed by atoms with E-state index in [0.29, 0.717) is 18.4 Å². The number of ketones is 1. The zero-order valence-corrected chi connectivity index (χ0v) is 8.22. The second-order valence-corrected chi connectivity index (χ2v) is 3.19. The number of hydrogen-bond acceptors (Lipinski definition) is 1. The van der Waals surface area contributed by atoms with E-state index in [2.05, 4.69) is 6.58 Å². The van der Waals surface area contributed by atoms with E-state index in [1.165, 1.54) is 6.07 Å². The van der Waals surface area contributed by atoms with Gasteiger partial charge in [-0.05, 0) is 25.0 Å². The summed E-state index contributed by atoms with van der Waals surface area (Å²) in [7, 11) is 0. The third-order valence-electron chi connectivity index (χ3n) is 2.07. The van der Waals surface area contributed by atoms with E-state index in [4.69, 9.17) is 0 Å². The third kappa shape index (κ3) is 2.28. The second-order valence-electron chi connectivity index (χ2n) is 3.19. The lowest BCUT2D eigenvalue weighted by Crippen LogP contribution is -2.02. The largest absolute Gasteiger partial charge is 0.294 e. The molecule has 0 saturated heterocycles. The molecule has 0 bridgehead atoms. The fraction of sp³-hybridized carbons (Fsp3) is 0.250. The van der Waals surface area contributed by atoms with Crippen LogP contribution in [0.4, 0.5) is 4.39 Å². The first-order valence-electron chi connectivity index (χ1n) is 4.56. The molecular weight excluding hydrogens is 179 g/mol. The van der Waals surface area contributed by atoms with Gasteiger partial charge in [-0.25, -0.2) is 4.39 Å². The number of hydrogen-bond donors (Lipinski definition) is 0. The average molecular weight is 192 g/mol. The van der Waals surface area contributed by atoms with Gasteiger partial charge in [-0.3, -0.25) is 4.79 Å². The molecule has 14 heavy (non-hydrogen) atoms. The van der Waals surface area contributed by atoms with Crippen LogP contribution < -0.4 is 0 Å². The summed E-state index contributed by atoms with van der Waals surface area (Å²) in [5, 5.41) is 0. The van der Waals surface area contributed by atoms with Crippen molar-refractivity contribution in [2.45, 2.75) is 19.8 Å². The first-order chi connectivity index (χ1) is 6.66. The van der Waals surface area contributed by atoms with Gasteiger partial charge in [0.05, 0.1) is 5.56 Å². The zero-order valence-electron chi connectivity index (χ0n) is 8.22. The Morgan fingerprint density at radius 1 is 1.57 bits per heavy atom. The number of benzene rings is 1. The Bertz CT molecular complexity index is 355. The number of allylic oxidation sites excluding steroid dienone is 1. The topological polar surface area (TPSA) is 17.1 Å². The molecular formula is C12H13FO. The van der Waals surface area contributed by atoms with E-state index in [-0.39, 0.29) is 11.3 Å². The van der Waals surface area contributed by atoms with E-state index < -0.39 is 5.82 Å². The SMILES string of the molecule is C=CCCC(=O)c1cccc(C)c1F. The fourth-order valence-corrected chi connectivity index (χ4v) is 1.23. The van der Waals surface area contributed by atoms with Crippen molar-refractivity contribution < 1.29 is 9.18 Å². The predicted molar refractivity (Wildman–Crippen MR) is 54.9 cm³/mol. The summed E-state index contributed by atoms with van der Waals surface area (Å²) in [6.07, 6.45) is 2.57. The molecule has 0 amide bonds. The van der Waals surface area contributed by atoms with Crippen molar-refractivity contribution in [1.29, 1.82) is 0 Å². The molecule has 0 unspecified atom stereocenters. The van der Waals surface area contributed by atoms with Crippen LogP contribution in [0.15, 0.2) is 30.9 Å². The Labute approximate surface area is 83.3 Å². The van der Waals surface area contributed by atoms with Gasteiger partial charge in [0.1, 0.15) is 5.82 Å². The van der Waals surface area contributed by atoms with Gasteiger partial charge in [0.15, 0.2) is 5.78 Å². The third-order valence-corrected chi connectivity index (χ3v) is 2.07. The van der Waals surface area contributed by atoms with Crippen LogP contribution in [0.1, 0.15) is 28.8 Å². The molecule has 0 spiro atoms. The molecule has 1 rings (SSSR count). The first kappa shape index (κ1) is 10.6. The fourth-order valence-electron chi connectivity index (χ4n) is 1.23. The molecule has 0 aliphatic rings. The molecule has 0 N–H and O–H groups in total. The van der Waals surface area contributed by atoms with Gasteiger partial charge in [0.2, 0.25) is 0 Å². The van der Waals surface area contributed by atoms with Crippen molar-refractivity contribution in [2.24, 2.45) is 0 Å². The Kier molecular flexibility index (Phi) is 3.57. The summed E-state index contributed by atoms with van der Waals surface area (Å²) < 4.78 is 13.4. The maximum absolute atomic E-state index is 13.4. The van der Waals surface area contributed by atoms with Crippen molar-refractivity contribution in [3.05, 3.63) is 47.8 Å². The van der Waals surface area contributed by atoms with Crippen LogP contribution in [0.5, 0.6) is 0 Å². The molecule has 1 aromatic rings. The normalized spacial score (nSPS) is 9.86. The molecule has 0 heterocycles. The van der Waals surface area contributed by atoms with Crippen molar-refractivity contribution in [3.8, 4) is 0 Å². The number of Topliss-reactive ketones (excluding diaryl/α,β-unsaturated/α-hetero) is 1. The summed E-state index contributed by atoms with van der Waals surface area (Å²) in [6, 6.07) is 4.87. The standard InChI is InChI=1S/C12H13FO/c1-3-4-8-11(14)10-7-5-6-9(2)12(10)13/h3,5-7H,1,4,8H2,2H3. The minimum atomic E-state index is -0.401. The van der Waals surface area contributed by atoms with Crippen LogP contribution in [0.3, 0.4) is 0 Å². The Morgan fingerprint density at radius 2 is 2.29 bits per heavy atom. The van der Waals surface area contributed by atoms with E-state index in [9.17, 15) is 9.18 Å². The molecule has 0 atom stereocenters. The summed E-state index contributed by atoms with van der Waals surface area (Å²) in [5.74, 6) is -0.562. The highest BCUT2D eigenvalue weighted by Gasteiger charge is 2.11. The Hall–Kier alpha value is -1.44. The van der Waals surface area contributed by atoms with Crippen LogP contribution in [0.2, 0.25) is 0 Å². The lowest BCUT2D eigenvalue weighted by atomic mass is 10.0. The highest BCUT2D eigenvalue weighted by atomic mass is 19.1. The second kappa shape index (κ2) is 4.70. The zero-order chi connectivity index (χ0) is 10.6. The van der Waals surface area contributed by atoms with Crippen LogP contribution in [0, 0.1) is 12.7 Å². The van der Waals surface area contributed by atoms with Crippen LogP contribution in [0.25, 0.3) is 0 Å². The summed E-state index contributed by atoms with van der Waals surface area (Å²) in [6.45, 7) is 5.17. The quantitative estimate of drug-likeness (QED) is 0.528. The van der Waals surface area contributed by atoms with Gasteiger partial charge >= 0.3 is 0 Å². The maximum Gasteiger partial charge on any atom is 0.166 e. The molecule has 0 aromatic heterocycles. The van der Waals surface area contributed by atoms with Crippen molar-refractivity contribution in [3.63, 3.8) is 0 Å². The molecule has 74 valence electrons. The lowest BCUT2D eigenvalue weighted by molar-refractivity contribution is 0.0979. The number of rotatable bonds is 4. The average Bonchev–Trinajstić information content (AvgIpc) is 2.18. The lowest BCUT2D eigenvalue weighted by Gasteiger charge is -2.03. The van der Waals surface area contributed by atoms with E-state index >= 15 is 0 Å². The molecule has 0 saturated carbocycles. The Morgan fingerprint density at radius 3 is 2.93 bits per heavy atom. The van der Waals surface area contributed by atoms with Gasteiger partial charge in [-0.1, -0.05) is 18.2 Å². The smallest absolute Gasteiger partial charge is 0.166 e. The van der Waals surface area contributed by atoms with E-state index in [1.807, 2.05) is 0 Å². The minimum Gasteiger partial charge on any atom is -0.294 e. The summed E-state index contributed by atoms with van der Waals surface area (Å²) >= 11 is 0. The van der Waals surface area contributed by atoms with Crippen molar-refractivity contribution >= 4 is 5.78 Å². The Balaban J connectivity index is 2.89. The monoisotopic (exact) mass is 192 g/mol. The van der Waals surface area contributed by atoms with Crippen LogP contribution >= 0.6 is 0 Å². The van der Waals surface area contributed by atoms with Gasteiger partial charge < -0.3 is 0 Å². The molecule has 0 radical (unpaired) electrons. The highest BCUT2D eigenvalue weighted by Crippen LogP contribution is 2.14. The number of carbonyl (C=O) groups excluding carboxylic acids is 1. The molecule has 0 aliphatic heterocycles. The van der Waals surface area contributed by atoms with E-state index in [1.54, 1.807) is 25.1 Å². The number of halogens is 1. The molecule has 0 aliphatic carbocycles. The predicted octanol–water partition coefficient (Wildman–Crippen LogP) is 3.28. The van der Waals surface area contributed by atoms with Gasteiger partial charge in [-0.15, -0.1) is 6.58 Å². The van der Waals surface area contributed by atoms with Gasteiger partial charge in [0.25, 0.3) is 0 Å². The number of aryl methyl sites for hydroxylation is 1. The summed E-state index contributed by atoms with van der Waals surface area (Å²) in [4.78, 5) is 11.5. The van der Waals surface area contributed by atoms with Gasteiger partial charge in [0, 0.05) is 6.42 Å². The molecule has 0 fully saturated rings. The van der Waals surface area contributed by atoms with Crippen LogP contribution in [-0.2, 0) is 0 Å². The highest BCUT2D eigenvalue weighted by molar-refractivity contribution is 5.96. The van der Waals surface area contributed by atoms with Gasteiger partial charge in [-0.2, -0.15) is 0 Å². The summed E-state index contributed by atoms with van der Waals surface area (Å²) in [5.41, 5.74) is 0.696. The molecule has 1 nitrogen and oxygen atoms in total. The van der Waals surface area contributed by atoms with Crippen molar-refractivity contribution in [1.82, 2.24) is 0 Å². The van der Waals surface area contributed by atoms with E-state index in [0.717, 1.165) is 0 Å².